The predicted octanol–water partition coefficient (Wildman–Crippen LogP) is 2.84. The number of pyridine rings is 1. The molecule has 0 fully saturated rings. The minimum Gasteiger partial charge on any atom is -0.395 e. The van der Waals surface area contributed by atoms with Gasteiger partial charge in [-0.25, -0.2) is 4.98 Å². The Bertz CT molecular complexity index is 389. The lowest BCUT2D eigenvalue weighted by Crippen LogP contribution is -2.23. The van der Waals surface area contributed by atoms with Crippen molar-refractivity contribution in [3.8, 4) is 0 Å². The molecule has 0 aromatic carbocycles. The molecule has 1 heterocycles. The van der Waals surface area contributed by atoms with E-state index in [1.807, 2.05) is 42.0 Å². The molecule has 0 saturated heterocycles. The van der Waals surface area contributed by atoms with Gasteiger partial charge in [-0.1, -0.05) is 20.8 Å². The van der Waals surface area contributed by atoms with Crippen molar-refractivity contribution in [3.05, 3.63) is 18.3 Å². The van der Waals surface area contributed by atoms with Crippen molar-refractivity contribution in [1.82, 2.24) is 4.98 Å². The fourth-order valence-electron chi connectivity index (χ4n) is 1.65. The normalized spacial score (nSPS) is 13.1. The molecule has 0 aliphatic heterocycles. The van der Waals surface area contributed by atoms with Crippen LogP contribution in [0.25, 0.3) is 0 Å². The molecule has 4 nitrogen and oxygen atoms in total. The summed E-state index contributed by atoms with van der Waals surface area (Å²) in [5.74, 6) is 1.95. The number of likely N-dealkylation sites (N-methyl/N-ethyl adjacent to an activating group) is 1. The minimum atomic E-state index is 0.150. The molecule has 0 spiro atoms. The summed E-state index contributed by atoms with van der Waals surface area (Å²) in [6.07, 6.45) is 1.83. The summed E-state index contributed by atoms with van der Waals surface area (Å²) >= 11 is 1.95. The van der Waals surface area contributed by atoms with Crippen LogP contribution in [0.4, 0.5) is 11.5 Å². The van der Waals surface area contributed by atoms with Crippen LogP contribution in [-0.4, -0.2) is 46.8 Å². The van der Waals surface area contributed by atoms with Gasteiger partial charge in [0, 0.05) is 30.1 Å². The van der Waals surface area contributed by atoms with Crippen LogP contribution in [0.5, 0.6) is 0 Å². The molecule has 0 aliphatic carbocycles. The Morgan fingerprint density at radius 2 is 2.10 bits per heavy atom. The fraction of sp³-hybridized carbons (Fsp3) is 0.667. The van der Waals surface area contributed by atoms with E-state index in [2.05, 4.69) is 38.0 Å². The van der Waals surface area contributed by atoms with E-state index in [1.54, 1.807) is 0 Å². The number of thioether (sulfide) groups is 1. The van der Waals surface area contributed by atoms with E-state index in [0.29, 0.717) is 17.3 Å². The van der Waals surface area contributed by atoms with Gasteiger partial charge in [0.1, 0.15) is 5.82 Å². The number of nitrogens with one attached hydrogen (secondary N) is 1. The summed E-state index contributed by atoms with van der Waals surface area (Å²) in [6, 6.07) is 4.39. The molecule has 1 unspecified atom stereocenters. The first kappa shape index (κ1) is 17.1. The Balaban J connectivity index is 2.48. The van der Waals surface area contributed by atoms with E-state index < -0.39 is 0 Å². The summed E-state index contributed by atoms with van der Waals surface area (Å²) in [5, 5.41) is 12.3. The zero-order valence-corrected chi connectivity index (χ0v) is 14.0. The highest BCUT2D eigenvalue weighted by molar-refractivity contribution is 8.00. The predicted molar refractivity (Wildman–Crippen MR) is 89.9 cm³/mol. The lowest BCUT2D eigenvalue weighted by molar-refractivity contribution is 0.304. The quantitative estimate of drug-likeness (QED) is 0.810. The third-order valence-corrected chi connectivity index (χ3v) is 4.32. The van der Waals surface area contributed by atoms with Gasteiger partial charge in [-0.05, 0) is 19.1 Å². The highest BCUT2D eigenvalue weighted by Gasteiger charge is 2.13. The topological polar surface area (TPSA) is 48.4 Å². The lowest BCUT2D eigenvalue weighted by Gasteiger charge is -2.22. The third kappa shape index (κ3) is 6.48. The van der Waals surface area contributed by atoms with Crippen LogP contribution >= 0.6 is 11.8 Å². The first-order valence-electron chi connectivity index (χ1n) is 7.00. The van der Waals surface area contributed by atoms with Crippen molar-refractivity contribution in [3.63, 3.8) is 0 Å². The third-order valence-electron chi connectivity index (χ3n) is 2.78. The van der Waals surface area contributed by atoms with Gasteiger partial charge in [-0.15, -0.1) is 0 Å². The van der Waals surface area contributed by atoms with E-state index in [0.717, 1.165) is 17.3 Å². The molecule has 0 bridgehead atoms. The van der Waals surface area contributed by atoms with E-state index >= 15 is 0 Å². The van der Waals surface area contributed by atoms with Gasteiger partial charge in [0.15, 0.2) is 0 Å². The molecular weight excluding hydrogens is 270 g/mol. The van der Waals surface area contributed by atoms with Crippen molar-refractivity contribution >= 4 is 23.3 Å². The van der Waals surface area contributed by atoms with Crippen LogP contribution < -0.4 is 10.2 Å². The van der Waals surface area contributed by atoms with E-state index in [4.69, 9.17) is 5.11 Å². The first-order chi connectivity index (χ1) is 9.31. The van der Waals surface area contributed by atoms with Crippen LogP contribution in [0, 0.1) is 0 Å². The largest absolute Gasteiger partial charge is 0.395 e. The van der Waals surface area contributed by atoms with Crippen molar-refractivity contribution in [2.75, 3.05) is 36.2 Å². The Labute approximate surface area is 127 Å². The molecule has 1 aromatic rings. The molecular formula is C15H27N3OS. The summed E-state index contributed by atoms with van der Waals surface area (Å²) in [6.45, 7) is 9.63. The van der Waals surface area contributed by atoms with Crippen LogP contribution in [0.1, 0.15) is 27.7 Å². The number of anilines is 2. The zero-order valence-electron chi connectivity index (χ0n) is 13.2. The van der Waals surface area contributed by atoms with Crippen LogP contribution in [0.15, 0.2) is 18.3 Å². The maximum absolute atomic E-state index is 8.92. The molecule has 1 atom stereocenters. The molecule has 5 heteroatoms. The van der Waals surface area contributed by atoms with E-state index in [1.165, 1.54) is 0 Å². The molecule has 1 rings (SSSR count). The Morgan fingerprint density at radius 1 is 1.40 bits per heavy atom. The van der Waals surface area contributed by atoms with Crippen molar-refractivity contribution in [2.24, 2.45) is 0 Å². The average molecular weight is 297 g/mol. The van der Waals surface area contributed by atoms with Gasteiger partial charge in [-0.2, -0.15) is 11.8 Å². The number of hydrogen-bond donors (Lipinski definition) is 2. The SMILES string of the molecule is CC(CSC(C)(C)C)Nc1ccc(N(C)CCO)cn1. The number of hydrogen-bond acceptors (Lipinski definition) is 5. The molecule has 1 aromatic heterocycles. The minimum absolute atomic E-state index is 0.150. The second-order valence-corrected chi connectivity index (χ2v) is 7.86. The Kier molecular flexibility index (Phi) is 6.62. The number of aromatic nitrogens is 1. The molecule has 2 N–H and O–H groups in total. The summed E-state index contributed by atoms with van der Waals surface area (Å²) < 4.78 is 0.292. The maximum atomic E-state index is 8.92. The standard InChI is InChI=1S/C15H27N3OS/c1-12(11-20-15(2,3)4)17-14-7-6-13(10-16-14)18(5)8-9-19/h6-7,10,12,19H,8-9,11H2,1-5H3,(H,16,17). The molecule has 0 saturated carbocycles. The van der Waals surface area contributed by atoms with Crippen molar-refractivity contribution in [2.45, 2.75) is 38.5 Å². The van der Waals surface area contributed by atoms with Crippen LogP contribution in [0.2, 0.25) is 0 Å². The Morgan fingerprint density at radius 3 is 2.60 bits per heavy atom. The van der Waals surface area contributed by atoms with Crippen molar-refractivity contribution in [1.29, 1.82) is 0 Å². The highest BCUT2D eigenvalue weighted by atomic mass is 32.2. The molecule has 114 valence electrons. The molecule has 0 amide bonds. The van der Waals surface area contributed by atoms with Gasteiger partial charge in [0.25, 0.3) is 0 Å². The summed E-state index contributed by atoms with van der Waals surface area (Å²) in [5.41, 5.74) is 1.02. The zero-order chi connectivity index (χ0) is 15.2. The molecule has 20 heavy (non-hydrogen) atoms. The van der Waals surface area contributed by atoms with E-state index in [9.17, 15) is 0 Å². The second kappa shape index (κ2) is 7.74. The number of aliphatic hydroxyl groups excluding tert-OH is 1. The highest BCUT2D eigenvalue weighted by Crippen LogP contribution is 2.24. The van der Waals surface area contributed by atoms with Gasteiger partial charge < -0.3 is 15.3 Å². The van der Waals surface area contributed by atoms with Gasteiger partial charge in [-0.3, -0.25) is 0 Å². The summed E-state index contributed by atoms with van der Waals surface area (Å²) in [7, 11) is 1.95. The maximum Gasteiger partial charge on any atom is 0.126 e. The van der Waals surface area contributed by atoms with Crippen LogP contribution in [0.3, 0.4) is 0 Å². The monoisotopic (exact) mass is 297 g/mol. The van der Waals surface area contributed by atoms with Gasteiger partial charge in [0.2, 0.25) is 0 Å². The number of rotatable bonds is 7. The van der Waals surface area contributed by atoms with Gasteiger partial charge in [0.05, 0.1) is 18.5 Å². The molecule has 0 aliphatic rings. The fourth-order valence-corrected chi connectivity index (χ4v) is 2.48. The molecule has 0 radical (unpaired) electrons. The number of nitrogens with zero attached hydrogens (tertiary/aromatic N) is 2. The smallest absolute Gasteiger partial charge is 0.126 e. The lowest BCUT2D eigenvalue weighted by atomic mass is 10.3. The Hall–Kier alpha value is -0.940. The average Bonchev–Trinajstić information content (AvgIpc) is 2.37. The van der Waals surface area contributed by atoms with Crippen LogP contribution in [-0.2, 0) is 0 Å². The van der Waals surface area contributed by atoms with Crippen molar-refractivity contribution < 1.29 is 5.11 Å². The van der Waals surface area contributed by atoms with E-state index in [-0.39, 0.29) is 6.61 Å². The second-order valence-electron chi connectivity index (χ2n) is 6.02. The number of aliphatic hydroxyl groups is 1. The summed E-state index contributed by atoms with van der Waals surface area (Å²) in [4.78, 5) is 6.40. The van der Waals surface area contributed by atoms with Gasteiger partial charge >= 0.3 is 0 Å². The first-order valence-corrected chi connectivity index (χ1v) is 7.99.